The highest BCUT2D eigenvalue weighted by Crippen LogP contribution is 2.35. The fourth-order valence-corrected chi connectivity index (χ4v) is 3.73. The Morgan fingerprint density at radius 1 is 1.31 bits per heavy atom. The van der Waals surface area contributed by atoms with Crippen molar-refractivity contribution in [3.63, 3.8) is 0 Å². The SMILES string of the molecule is O=S1(=O)CCC(O)(c2cccc(F)c2F)C1. The molecule has 1 aliphatic heterocycles. The Balaban J connectivity index is 2.49. The Bertz CT molecular complexity index is 527. The largest absolute Gasteiger partial charge is 0.384 e. The van der Waals surface area contributed by atoms with E-state index in [1.165, 1.54) is 12.1 Å². The third-order valence-electron chi connectivity index (χ3n) is 2.74. The van der Waals surface area contributed by atoms with Gasteiger partial charge in [0.1, 0.15) is 5.60 Å². The minimum absolute atomic E-state index is 0.101. The van der Waals surface area contributed by atoms with Crippen molar-refractivity contribution in [3.05, 3.63) is 35.4 Å². The number of hydrogen-bond donors (Lipinski definition) is 1. The Morgan fingerprint density at radius 3 is 2.56 bits per heavy atom. The highest BCUT2D eigenvalue weighted by molar-refractivity contribution is 7.91. The van der Waals surface area contributed by atoms with Crippen LogP contribution < -0.4 is 0 Å². The molecule has 88 valence electrons. The van der Waals surface area contributed by atoms with E-state index in [-0.39, 0.29) is 17.7 Å². The van der Waals surface area contributed by atoms with Crippen LogP contribution in [0.15, 0.2) is 18.2 Å². The molecule has 0 radical (unpaired) electrons. The Hall–Kier alpha value is -1.01. The van der Waals surface area contributed by atoms with E-state index in [0.29, 0.717) is 0 Å². The summed E-state index contributed by atoms with van der Waals surface area (Å²) in [6, 6.07) is 3.38. The summed E-state index contributed by atoms with van der Waals surface area (Å²) in [5, 5.41) is 10.0. The van der Waals surface area contributed by atoms with Crippen LogP contribution in [0, 0.1) is 11.6 Å². The van der Waals surface area contributed by atoms with Crippen molar-refractivity contribution in [3.8, 4) is 0 Å². The Kier molecular flexibility index (Phi) is 2.51. The van der Waals surface area contributed by atoms with Crippen LogP contribution in [0.2, 0.25) is 0 Å². The van der Waals surface area contributed by atoms with Crippen LogP contribution in [0.4, 0.5) is 8.78 Å². The molecule has 1 unspecified atom stereocenters. The molecule has 1 aromatic rings. The lowest BCUT2D eigenvalue weighted by Crippen LogP contribution is -2.28. The van der Waals surface area contributed by atoms with Gasteiger partial charge in [-0.05, 0) is 12.5 Å². The van der Waals surface area contributed by atoms with Crippen LogP contribution in [-0.2, 0) is 15.4 Å². The lowest BCUT2D eigenvalue weighted by Gasteiger charge is -2.21. The van der Waals surface area contributed by atoms with Gasteiger partial charge in [0.2, 0.25) is 0 Å². The van der Waals surface area contributed by atoms with E-state index < -0.39 is 32.8 Å². The zero-order chi connectivity index (χ0) is 12.0. The van der Waals surface area contributed by atoms with E-state index in [4.69, 9.17) is 0 Å². The molecule has 0 saturated carbocycles. The quantitative estimate of drug-likeness (QED) is 0.805. The lowest BCUT2D eigenvalue weighted by molar-refractivity contribution is 0.0606. The monoisotopic (exact) mass is 248 g/mol. The van der Waals surface area contributed by atoms with Crippen molar-refractivity contribution in [1.29, 1.82) is 0 Å². The van der Waals surface area contributed by atoms with Gasteiger partial charge in [-0.3, -0.25) is 0 Å². The number of aliphatic hydroxyl groups is 1. The van der Waals surface area contributed by atoms with Crippen LogP contribution >= 0.6 is 0 Å². The van der Waals surface area contributed by atoms with Gasteiger partial charge in [-0.25, -0.2) is 17.2 Å². The molecule has 2 rings (SSSR count). The van der Waals surface area contributed by atoms with Crippen LogP contribution in [0.1, 0.15) is 12.0 Å². The number of rotatable bonds is 1. The summed E-state index contributed by atoms with van der Waals surface area (Å²) in [6.45, 7) is 0. The maximum absolute atomic E-state index is 13.4. The molecule has 1 aromatic carbocycles. The average Bonchev–Trinajstić information content (AvgIpc) is 2.46. The highest BCUT2D eigenvalue weighted by Gasteiger charge is 2.43. The van der Waals surface area contributed by atoms with E-state index >= 15 is 0 Å². The van der Waals surface area contributed by atoms with Gasteiger partial charge in [-0.15, -0.1) is 0 Å². The third kappa shape index (κ3) is 1.82. The van der Waals surface area contributed by atoms with Crippen molar-refractivity contribution >= 4 is 9.84 Å². The molecule has 3 nitrogen and oxygen atoms in total. The second-order valence-corrected chi connectivity index (χ2v) is 6.16. The molecule has 0 amide bonds. The number of sulfone groups is 1. The van der Waals surface area contributed by atoms with Gasteiger partial charge in [0.05, 0.1) is 11.5 Å². The Labute approximate surface area is 91.6 Å². The van der Waals surface area contributed by atoms with Crippen LogP contribution in [0.3, 0.4) is 0 Å². The number of halogens is 2. The third-order valence-corrected chi connectivity index (χ3v) is 4.48. The second-order valence-electron chi connectivity index (χ2n) is 3.97. The van der Waals surface area contributed by atoms with E-state index in [1.807, 2.05) is 0 Å². The van der Waals surface area contributed by atoms with E-state index in [2.05, 4.69) is 0 Å². The molecule has 0 aromatic heterocycles. The summed E-state index contributed by atoms with van der Waals surface area (Å²) >= 11 is 0. The lowest BCUT2D eigenvalue weighted by atomic mass is 9.93. The van der Waals surface area contributed by atoms with Gasteiger partial charge in [0.15, 0.2) is 21.5 Å². The first-order valence-corrected chi connectivity index (χ1v) is 6.53. The van der Waals surface area contributed by atoms with Gasteiger partial charge in [-0.2, -0.15) is 0 Å². The average molecular weight is 248 g/mol. The van der Waals surface area contributed by atoms with Gasteiger partial charge >= 0.3 is 0 Å². The summed E-state index contributed by atoms with van der Waals surface area (Å²) in [5.41, 5.74) is -2.08. The summed E-state index contributed by atoms with van der Waals surface area (Å²) in [6.07, 6.45) is -0.101. The zero-order valence-electron chi connectivity index (χ0n) is 8.28. The summed E-state index contributed by atoms with van der Waals surface area (Å²) in [7, 11) is -3.37. The minimum atomic E-state index is -3.37. The molecule has 6 heteroatoms. The maximum atomic E-state index is 13.4. The molecular weight excluding hydrogens is 238 g/mol. The molecule has 0 aliphatic carbocycles. The standard InChI is InChI=1S/C10H10F2O3S/c11-8-3-1-2-7(9(8)12)10(13)4-5-16(14,15)6-10/h1-3,13H,4-6H2. The molecule has 1 fully saturated rings. The molecule has 1 atom stereocenters. The zero-order valence-corrected chi connectivity index (χ0v) is 9.10. The second kappa shape index (κ2) is 3.49. The molecule has 0 spiro atoms. The van der Waals surface area contributed by atoms with Gasteiger partial charge in [0.25, 0.3) is 0 Å². The van der Waals surface area contributed by atoms with Gasteiger partial charge < -0.3 is 5.11 Å². The normalized spacial score (nSPS) is 28.2. The molecule has 0 bridgehead atoms. The summed E-state index contributed by atoms with van der Waals surface area (Å²) < 4.78 is 48.9. The highest BCUT2D eigenvalue weighted by atomic mass is 32.2. The first-order valence-electron chi connectivity index (χ1n) is 4.71. The molecule has 1 N–H and O–H groups in total. The number of hydrogen-bond acceptors (Lipinski definition) is 3. The molecule has 1 saturated heterocycles. The first-order chi connectivity index (χ1) is 7.34. The minimum Gasteiger partial charge on any atom is -0.384 e. The van der Waals surface area contributed by atoms with Crippen LogP contribution in [0.5, 0.6) is 0 Å². The Morgan fingerprint density at radius 2 is 2.00 bits per heavy atom. The maximum Gasteiger partial charge on any atom is 0.164 e. The van der Waals surface area contributed by atoms with Crippen LogP contribution in [0.25, 0.3) is 0 Å². The van der Waals surface area contributed by atoms with Crippen molar-refractivity contribution in [2.24, 2.45) is 0 Å². The first kappa shape index (κ1) is 11.5. The summed E-state index contributed by atoms with van der Waals surface area (Å²) in [5.74, 6) is -3.03. The van der Waals surface area contributed by atoms with Crippen molar-refractivity contribution < 1.29 is 22.3 Å². The van der Waals surface area contributed by atoms with Crippen LogP contribution in [-0.4, -0.2) is 25.0 Å². The van der Waals surface area contributed by atoms with Crippen molar-refractivity contribution in [1.82, 2.24) is 0 Å². The van der Waals surface area contributed by atoms with Gasteiger partial charge in [-0.1, -0.05) is 12.1 Å². The molecule has 1 aliphatic rings. The van der Waals surface area contributed by atoms with E-state index in [1.54, 1.807) is 0 Å². The number of benzene rings is 1. The smallest absolute Gasteiger partial charge is 0.164 e. The van der Waals surface area contributed by atoms with Crippen molar-refractivity contribution in [2.75, 3.05) is 11.5 Å². The summed E-state index contributed by atoms with van der Waals surface area (Å²) in [4.78, 5) is 0. The topological polar surface area (TPSA) is 54.4 Å². The van der Waals surface area contributed by atoms with Crippen molar-refractivity contribution in [2.45, 2.75) is 12.0 Å². The predicted octanol–water partition coefficient (Wildman–Crippen LogP) is 0.971. The van der Waals surface area contributed by atoms with E-state index in [0.717, 1.165) is 6.07 Å². The fourth-order valence-electron chi connectivity index (χ4n) is 1.91. The van der Waals surface area contributed by atoms with Gasteiger partial charge in [0, 0.05) is 5.56 Å². The van der Waals surface area contributed by atoms with E-state index in [9.17, 15) is 22.3 Å². The fraction of sp³-hybridized carbons (Fsp3) is 0.400. The molecule has 16 heavy (non-hydrogen) atoms. The predicted molar refractivity (Wildman–Crippen MR) is 53.5 cm³/mol. The molecular formula is C10H10F2O3S. The molecule has 1 heterocycles.